The van der Waals surface area contributed by atoms with E-state index in [4.69, 9.17) is 28.5 Å². The number of hydrogen-bond donors (Lipinski definition) is 2. The van der Waals surface area contributed by atoms with E-state index in [0.717, 1.165) is 4.90 Å². The van der Waals surface area contributed by atoms with E-state index in [1.807, 2.05) is 13.1 Å². The number of amides is 1. The summed E-state index contributed by atoms with van der Waals surface area (Å²) >= 11 is 11.9. The second-order valence-corrected chi connectivity index (χ2v) is 4.75. The smallest absolute Gasteiger partial charge is 0.279 e. The Bertz CT molecular complexity index is 451. The molecule has 18 heavy (non-hydrogen) atoms. The molecule has 1 unspecified atom stereocenters. The number of hydrogen-bond acceptors (Lipinski definition) is 2. The van der Waals surface area contributed by atoms with Gasteiger partial charge in [0.15, 0.2) is 6.54 Å². The van der Waals surface area contributed by atoms with Crippen molar-refractivity contribution in [2.75, 3.05) is 25.5 Å². The first-order valence-electron chi connectivity index (χ1n) is 5.46. The van der Waals surface area contributed by atoms with Crippen LogP contribution < -0.4 is 10.2 Å². The summed E-state index contributed by atoms with van der Waals surface area (Å²) in [5.41, 5.74) is 0.430. The minimum atomic E-state index is -0.180. The van der Waals surface area contributed by atoms with Crippen LogP contribution in [-0.4, -0.2) is 26.0 Å². The predicted octanol–water partition coefficient (Wildman–Crippen LogP) is 1.36. The first-order chi connectivity index (χ1) is 8.54. The van der Waals surface area contributed by atoms with Gasteiger partial charge in [0.2, 0.25) is 0 Å². The minimum Gasteiger partial charge on any atom is -0.329 e. The van der Waals surface area contributed by atoms with E-state index in [1.54, 1.807) is 18.2 Å². The summed E-state index contributed by atoms with van der Waals surface area (Å²) in [5, 5.41) is 12.0. The van der Waals surface area contributed by atoms with Gasteiger partial charge in [-0.1, -0.05) is 29.3 Å². The highest BCUT2D eigenvalue weighted by Gasteiger charge is 2.13. The molecule has 0 radical (unpaired) electrons. The van der Waals surface area contributed by atoms with Crippen LogP contribution in [0.5, 0.6) is 0 Å². The number of nitrogens with one attached hydrogen (secondary N) is 2. The lowest BCUT2D eigenvalue weighted by Gasteiger charge is -2.13. The van der Waals surface area contributed by atoms with E-state index in [1.165, 1.54) is 0 Å². The molecule has 6 heteroatoms. The molecule has 96 valence electrons. The molecule has 0 aliphatic carbocycles. The number of rotatable bonds is 5. The van der Waals surface area contributed by atoms with Gasteiger partial charge >= 0.3 is 0 Å². The van der Waals surface area contributed by atoms with Crippen molar-refractivity contribution in [3.63, 3.8) is 0 Å². The van der Waals surface area contributed by atoms with Crippen molar-refractivity contribution in [2.45, 2.75) is 6.42 Å². The topological polar surface area (TPSA) is 57.3 Å². The third kappa shape index (κ3) is 4.53. The number of para-hydroxylation sites is 1. The first kappa shape index (κ1) is 14.8. The Hall–Kier alpha value is -1.28. The van der Waals surface area contributed by atoms with Crippen molar-refractivity contribution >= 4 is 34.8 Å². The van der Waals surface area contributed by atoms with Crippen molar-refractivity contribution in [1.82, 2.24) is 0 Å². The Morgan fingerprint density at radius 1 is 1.44 bits per heavy atom. The second kappa shape index (κ2) is 7.22. The van der Waals surface area contributed by atoms with Crippen LogP contribution in [0, 0.1) is 11.3 Å². The molecule has 0 aromatic heterocycles. The van der Waals surface area contributed by atoms with Gasteiger partial charge in [-0.15, -0.1) is 0 Å². The van der Waals surface area contributed by atoms with E-state index in [0.29, 0.717) is 28.7 Å². The maximum atomic E-state index is 11.8. The zero-order valence-electron chi connectivity index (χ0n) is 9.96. The van der Waals surface area contributed by atoms with Gasteiger partial charge in [0.25, 0.3) is 5.91 Å². The molecular weight excluding hydrogens is 273 g/mol. The van der Waals surface area contributed by atoms with E-state index >= 15 is 0 Å². The van der Waals surface area contributed by atoms with Crippen molar-refractivity contribution in [1.29, 1.82) is 5.26 Å². The summed E-state index contributed by atoms with van der Waals surface area (Å²) < 4.78 is 0. The number of likely N-dealkylation sites (N-methyl/N-ethyl adjacent to an activating group) is 1. The summed E-state index contributed by atoms with van der Waals surface area (Å²) in [6.45, 7) is 0.892. The molecule has 1 aromatic carbocycles. The molecule has 2 N–H and O–H groups in total. The van der Waals surface area contributed by atoms with Crippen LogP contribution in [0.25, 0.3) is 0 Å². The number of quaternary nitrogens is 1. The van der Waals surface area contributed by atoms with Gasteiger partial charge in [-0.2, -0.15) is 5.26 Å². The number of carbonyl (C=O) groups is 1. The highest BCUT2D eigenvalue weighted by molar-refractivity contribution is 6.39. The Morgan fingerprint density at radius 2 is 2.06 bits per heavy atom. The van der Waals surface area contributed by atoms with Crippen molar-refractivity contribution < 1.29 is 9.69 Å². The largest absolute Gasteiger partial charge is 0.329 e. The Labute approximate surface area is 116 Å². The van der Waals surface area contributed by atoms with Crippen molar-refractivity contribution in [2.24, 2.45) is 0 Å². The number of carbonyl (C=O) groups excluding carboxylic acids is 1. The molecule has 0 aliphatic heterocycles. The number of nitrogens with zero attached hydrogens (tertiary/aromatic N) is 1. The van der Waals surface area contributed by atoms with E-state index in [9.17, 15) is 4.79 Å². The lowest BCUT2D eigenvalue weighted by molar-refractivity contribution is -0.870. The SMILES string of the molecule is C[NH+](CCC#N)CC(=O)Nc1c(Cl)cccc1Cl. The second-order valence-electron chi connectivity index (χ2n) is 3.94. The molecule has 1 atom stereocenters. The van der Waals surface area contributed by atoms with E-state index in [-0.39, 0.29) is 12.5 Å². The lowest BCUT2D eigenvalue weighted by atomic mass is 10.3. The van der Waals surface area contributed by atoms with Crippen LogP contribution in [0.2, 0.25) is 10.0 Å². The van der Waals surface area contributed by atoms with Crippen LogP contribution in [0.1, 0.15) is 6.42 Å². The van der Waals surface area contributed by atoms with E-state index in [2.05, 4.69) is 5.32 Å². The molecule has 1 rings (SSSR count). The predicted molar refractivity (Wildman–Crippen MR) is 71.9 cm³/mol. The van der Waals surface area contributed by atoms with E-state index < -0.39 is 0 Å². The molecule has 0 saturated carbocycles. The zero-order chi connectivity index (χ0) is 13.5. The highest BCUT2D eigenvalue weighted by Crippen LogP contribution is 2.29. The molecule has 4 nitrogen and oxygen atoms in total. The van der Waals surface area contributed by atoms with Crippen LogP contribution in [0.15, 0.2) is 18.2 Å². The molecule has 0 aliphatic rings. The summed E-state index contributed by atoms with van der Waals surface area (Å²) in [4.78, 5) is 12.7. The highest BCUT2D eigenvalue weighted by atomic mass is 35.5. The molecule has 0 fully saturated rings. The summed E-state index contributed by atoms with van der Waals surface area (Å²) in [6, 6.07) is 7.08. The average molecular weight is 287 g/mol. The molecule has 1 aromatic rings. The van der Waals surface area contributed by atoms with Gasteiger partial charge < -0.3 is 10.2 Å². The van der Waals surface area contributed by atoms with Crippen LogP contribution in [-0.2, 0) is 4.79 Å². The van der Waals surface area contributed by atoms with Gasteiger partial charge in [-0.3, -0.25) is 4.79 Å². The maximum Gasteiger partial charge on any atom is 0.279 e. The standard InChI is InChI=1S/C12H13Cl2N3O/c1-17(7-3-6-15)8-11(18)16-12-9(13)4-2-5-10(12)14/h2,4-5H,3,7-8H2,1H3,(H,16,18)/p+1. The molecule has 0 heterocycles. The fourth-order valence-corrected chi connectivity index (χ4v) is 1.92. The third-order valence-electron chi connectivity index (χ3n) is 2.35. The number of anilines is 1. The quantitative estimate of drug-likeness (QED) is 0.859. The van der Waals surface area contributed by atoms with Crippen molar-refractivity contribution in [3.8, 4) is 6.07 Å². The maximum absolute atomic E-state index is 11.8. The molecule has 1 amide bonds. The first-order valence-corrected chi connectivity index (χ1v) is 6.22. The Balaban J connectivity index is 2.57. The van der Waals surface area contributed by atoms with Gasteiger partial charge in [0, 0.05) is 0 Å². The summed E-state index contributed by atoms with van der Waals surface area (Å²) in [7, 11) is 1.85. The monoisotopic (exact) mass is 286 g/mol. The normalized spacial score (nSPS) is 11.7. The molecule has 0 saturated heterocycles. The Morgan fingerprint density at radius 3 is 2.61 bits per heavy atom. The summed E-state index contributed by atoms with van der Waals surface area (Å²) in [5.74, 6) is -0.180. The molecule has 0 bridgehead atoms. The van der Waals surface area contributed by atoms with Crippen molar-refractivity contribution in [3.05, 3.63) is 28.2 Å². The molecule has 0 spiro atoms. The van der Waals surface area contributed by atoms with Crippen LogP contribution in [0.3, 0.4) is 0 Å². The summed E-state index contributed by atoms with van der Waals surface area (Å²) in [6.07, 6.45) is 0.423. The minimum absolute atomic E-state index is 0.180. The van der Waals surface area contributed by atoms with Crippen LogP contribution in [0.4, 0.5) is 5.69 Å². The van der Waals surface area contributed by atoms with Gasteiger partial charge in [0.05, 0.1) is 41.8 Å². The van der Waals surface area contributed by atoms with Gasteiger partial charge in [-0.05, 0) is 12.1 Å². The zero-order valence-corrected chi connectivity index (χ0v) is 11.5. The van der Waals surface area contributed by atoms with Gasteiger partial charge in [-0.25, -0.2) is 0 Å². The average Bonchev–Trinajstić information content (AvgIpc) is 2.31. The fraction of sp³-hybridized carbons (Fsp3) is 0.333. The van der Waals surface area contributed by atoms with Gasteiger partial charge in [0.1, 0.15) is 0 Å². The number of nitriles is 1. The number of benzene rings is 1. The van der Waals surface area contributed by atoms with Crippen LogP contribution >= 0.6 is 23.2 Å². The third-order valence-corrected chi connectivity index (χ3v) is 2.98. The number of halogens is 2. The Kier molecular flexibility index (Phi) is 5.93. The lowest BCUT2D eigenvalue weighted by Crippen LogP contribution is -3.10. The molecular formula is C12H14Cl2N3O+. The fourth-order valence-electron chi connectivity index (χ4n) is 1.43.